The zero-order chi connectivity index (χ0) is 12.4. The van der Waals surface area contributed by atoms with Gasteiger partial charge in [0.05, 0.1) is 0 Å². The first-order chi connectivity index (χ1) is 8.08. The Morgan fingerprint density at radius 1 is 1.53 bits per heavy atom. The minimum atomic E-state index is -0.353. The van der Waals surface area contributed by atoms with Crippen LogP contribution in [0.15, 0.2) is 18.2 Å². The van der Waals surface area contributed by atoms with E-state index in [0.717, 1.165) is 18.4 Å². The van der Waals surface area contributed by atoms with Crippen molar-refractivity contribution in [2.24, 2.45) is 0 Å². The standard InChI is InChI=1S/C13H16FNO2/c1-9-3-4-10(14)7-12(9)17-8-13(16)15(2)11-5-6-11/h3-4,7,11H,5-6,8H2,1-2H3. The summed E-state index contributed by atoms with van der Waals surface area (Å²) in [5, 5.41) is 0. The number of benzene rings is 1. The van der Waals surface area contributed by atoms with Gasteiger partial charge in [0.1, 0.15) is 11.6 Å². The monoisotopic (exact) mass is 237 g/mol. The van der Waals surface area contributed by atoms with Crippen molar-refractivity contribution in [3.63, 3.8) is 0 Å². The number of amides is 1. The minimum absolute atomic E-state index is 0.0305. The van der Waals surface area contributed by atoms with Crippen LogP contribution in [0, 0.1) is 12.7 Å². The molecule has 0 heterocycles. The lowest BCUT2D eigenvalue weighted by atomic mass is 10.2. The van der Waals surface area contributed by atoms with E-state index in [0.29, 0.717) is 11.8 Å². The molecule has 0 N–H and O–H groups in total. The molecule has 17 heavy (non-hydrogen) atoms. The lowest BCUT2D eigenvalue weighted by Crippen LogP contribution is -2.33. The van der Waals surface area contributed by atoms with Crippen LogP contribution in [-0.2, 0) is 4.79 Å². The summed E-state index contributed by atoms with van der Waals surface area (Å²) in [6.07, 6.45) is 2.14. The maximum absolute atomic E-state index is 13.0. The average molecular weight is 237 g/mol. The number of hydrogen-bond donors (Lipinski definition) is 0. The van der Waals surface area contributed by atoms with E-state index in [-0.39, 0.29) is 18.3 Å². The fourth-order valence-electron chi connectivity index (χ4n) is 1.64. The molecule has 3 nitrogen and oxygen atoms in total. The molecular weight excluding hydrogens is 221 g/mol. The van der Waals surface area contributed by atoms with E-state index in [9.17, 15) is 9.18 Å². The third-order valence-electron chi connectivity index (χ3n) is 2.99. The van der Waals surface area contributed by atoms with Crippen molar-refractivity contribution in [2.75, 3.05) is 13.7 Å². The normalized spacial score (nSPS) is 14.5. The predicted octanol–water partition coefficient (Wildman–Crippen LogP) is 2.13. The molecule has 1 fully saturated rings. The van der Waals surface area contributed by atoms with Crippen LogP contribution in [0.1, 0.15) is 18.4 Å². The molecule has 1 saturated carbocycles. The van der Waals surface area contributed by atoms with E-state index < -0.39 is 0 Å². The minimum Gasteiger partial charge on any atom is -0.483 e. The van der Waals surface area contributed by atoms with Gasteiger partial charge in [0.15, 0.2) is 6.61 Å². The molecular formula is C13H16FNO2. The molecule has 92 valence electrons. The van der Waals surface area contributed by atoms with E-state index in [2.05, 4.69) is 0 Å². The third kappa shape index (κ3) is 2.96. The molecule has 0 spiro atoms. The number of carbonyl (C=O) groups is 1. The molecule has 1 aromatic rings. The zero-order valence-electron chi connectivity index (χ0n) is 10.1. The maximum atomic E-state index is 13.0. The van der Waals surface area contributed by atoms with Gasteiger partial charge in [0.2, 0.25) is 0 Å². The van der Waals surface area contributed by atoms with Gasteiger partial charge in [-0.15, -0.1) is 0 Å². The Morgan fingerprint density at radius 3 is 2.88 bits per heavy atom. The predicted molar refractivity (Wildman–Crippen MR) is 62.4 cm³/mol. The Kier molecular flexibility index (Phi) is 3.31. The second-order valence-electron chi connectivity index (χ2n) is 4.43. The summed E-state index contributed by atoms with van der Waals surface area (Å²) in [6.45, 7) is 1.79. The molecule has 1 amide bonds. The molecule has 1 aromatic carbocycles. The van der Waals surface area contributed by atoms with Gasteiger partial charge in [-0.05, 0) is 31.4 Å². The quantitative estimate of drug-likeness (QED) is 0.803. The Labute approximate surface area is 100 Å². The molecule has 2 rings (SSSR count). The fraction of sp³-hybridized carbons (Fsp3) is 0.462. The lowest BCUT2D eigenvalue weighted by Gasteiger charge is -2.17. The topological polar surface area (TPSA) is 29.5 Å². The maximum Gasteiger partial charge on any atom is 0.260 e. The summed E-state index contributed by atoms with van der Waals surface area (Å²) in [7, 11) is 1.78. The van der Waals surface area contributed by atoms with Gasteiger partial charge in [-0.2, -0.15) is 0 Å². The third-order valence-corrected chi connectivity index (χ3v) is 2.99. The highest BCUT2D eigenvalue weighted by atomic mass is 19.1. The smallest absolute Gasteiger partial charge is 0.260 e. The van der Waals surface area contributed by atoms with Crippen LogP contribution < -0.4 is 4.74 Å². The van der Waals surface area contributed by atoms with Crippen LogP contribution in [0.4, 0.5) is 4.39 Å². The van der Waals surface area contributed by atoms with Gasteiger partial charge in [-0.1, -0.05) is 6.07 Å². The highest BCUT2D eigenvalue weighted by molar-refractivity contribution is 5.78. The Balaban J connectivity index is 1.92. The first kappa shape index (κ1) is 11.9. The largest absolute Gasteiger partial charge is 0.483 e. The van der Waals surface area contributed by atoms with Crippen LogP contribution in [0.2, 0.25) is 0 Å². The van der Waals surface area contributed by atoms with Crippen molar-refractivity contribution >= 4 is 5.91 Å². The van der Waals surface area contributed by atoms with Crippen molar-refractivity contribution in [2.45, 2.75) is 25.8 Å². The van der Waals surface area contributed by atoms with Crippen molar-refractivity contribution in [1.82, 2.24) is 4.90 Å². The molecule has 0 aliphatic heterocycles. The molecule has 0 unspecified atom stereocenters. The number of ether oxygens (including phenoxy) is 1. The summed E-state index contributed by atoms with van der Waals surface area (Å²) < 4.78 is 18.3. The van der Waals surface area contributed by atoms with Crippen LogP contribution in [-0.4, -0.2) is 30.5 Å². The van der Waals surface area contributed by atoms with Gasteiger partial charge in [-0.3, -0.25) is 4.79 Å². The van der Waals surface area contributed by atoms with Gasteiger partial charge < -0.3 is 9.64 Å². The number of halogens is 1. The molecule has 0 atom stereocenters. The highest BCUT2D eigenvalue weighted by Gasteiger charge is 2.29. The van der Waals surface area contributed by atoms with Gasteiger partial charge in [0.25, 0.3) is 5.91 Å². The fourth-order valence-corrected chi connectivity index (χ4v) is 1.64. The van der Waals surface area contributed by atoms with E-state index in [1.165, 1.54) is 12.1 Å². The summed E-state index contributed by atoms with van der Waals surface area (Å²) in [6, 6.07) is 4.69. The van der Waals surface area contributed by atoms with E-state index in [4.69, 9.17) is 4.74 Å². The molecule has 0 aromatic heterocycles. The highest BCUT2D eigenvalue weighted by Crippen LogP contribution is 2.25. The van der Waals surface area contributed by atoms with Gasteiger partial charge >= 0.3 is 0 Å². The SMILES string of the molecule is Cc1ccc(F)cc1OCC(=O)N(C)C1CC1. The van der Waals surface area contributed by atoms with Crippen molar-refractivity contribution in [3.8, 4) is 5.75 Å². The van der Waals surface area contributed by atoms with Crippen molar-refractivity contribution in [3.05, 3.63) is 29.6 Å². The Bertz CT molecular complexity index is 429. The van der Waals surface area contributed by atoms with Crippen molar-refractivity contribution in [1.29, 1.82) is 0 Å². The molecule has 1 aliphatic carbocycles. The average Bonchev–Trinajstić information content (AvgIpc) is 3.13. The molecule has 1 aliphatic rings. The Hall–Kier alpha value is -1.58. The van der Waals surface area contributed by atoms with Crippen LogP contribution in [0.3, 0.4) is 0 Å². The summed E-state index contributed by atoms with van der Waals surface area (Å²) in [5.41, 5.74) is 0.827. The number of nitrogens with zero attached hydrogens (tertiary/aromatic N) is 1. The van der Waals surface area contributed by atoms with Crippen molar-refractivity contribution < 1.29 is 13.9 Å². The molecule has 0 bridgehead atoms. The number of likely N-dealkylation sites (N-methyl/N-ethyl adjacent to an activating group) is 1. The Morgan fingerprint density at radius 2 is 2.24 bits per heavy atom. The number of carbonyl (C=O) groups excluding carboxylic acids is 1. The van der Waals surface area contributed by atoms with Crippen LogP contribution in [0.5, 0.6) is 5.75 Å². The first-order valence-corrected chi connectivity index (χ1v) is 5.72. The zero-order valence-corrected chi connectivity index (χ0v) is 10.1. The second kappa shape index (κ2) is 4.73. The van der Waals surface area contributed by atoms with Crippen LogP contribution in [0.25, 0.3) is 0 Å². The second-order valence-corrected chi connectivity index (χ2v) is 4.43. The van der Waals surface area contributed by atoms with E-state index >= 15 is 0 Å². The summed E-state index contributed by atoms with van der Waals surface area (Å²) in [5.74, 6) is 0.0207. The van der Waals surface area contributed by atoms with E-state index in [1.807, 2.05) is 6.92 Å². The summed E-state index contributed by atoms with van der Waals surface area (Å²) in [4.78, 5) is 13.4. The van der Waals surface area contributed by atoms with Crippen LogP contribution >= 0.6 is 0 Å². The molecule has 4 heteroatoms. The lowest BCUT2D eigenvalue weighted by molar-refractivity contribution is -0.132. The summed E-state index contributed by atoms with van der Waals surface area (Å²) >= 11 is 0. The van der Waals surface area contributed by atoms with E-state index in [1.54, 1.807) is 18.0 Å². The number of hydrogen-bond acceptors (Lipinski definition) is 2. The van der Waals surface area contributed by atoms with Gasteiger partial charge in [-0.25, -0.2) is 4.39 Å². The molecule has 0 radical (unpaired) electrons. The number of aryl methyl sites for hydroxylation is 1. The number of rotatable bonds is 4. The first-order valence-electron chi connectivity index (χ1n) is 5.72. The molecule has 0 saturated heterocycles. The van der Waals surface area contributed by atoms with Gasteiger partial charge in [0, 0.05) is 19.2 Å².